The van der Waals surface area contributed by atoms with Gasteiger partial charge in [-0.25, -0.2) is 13.1 Å². The molecule has 1 atom stereocenters. The zero-order chi connectivity index (χ0) is 14.4. The van der Waals surface area contributed by atoms with Gasteiger partial charge >= 0.3 is 6.18 Å². The maximum absolute atomic E-state index is 11.8. The van der Waals surface area contributed by atoms with E-state index in [2.05, 4.69) is 9.88 Å². The number of rotatable bonds is 7. The van der Waals surface area contributed by atoms with Gasteiger partial charge in [-0.1, -0.05) is 5.16 Å². The summed E-state index contributed by atoms with van der Waals surface area (Å²) >= 11 is 0. The third-order valence-corrected chi connectivity index (χ3v) is 3.49. The summed E-state index contributed by atoms with van der Waals surface area (Å²) in [7, 11) is -3.80. The first-order valence-corrected chi connectivity index (χ1v) is 6.74. The number of amidine groups is 1. The van der Waals surface area contributed by atoms with Crippen LogP contribution in [0.4, 0.5) is 13.2 Å². The maximum atomic E-state index is 11.8. The van der Waals surface area contributed by atoms with Gasteiger partial charge in [0.25, 0.3) is 0 Å². The first kappa shape index (κ1) is 17.0. The number of hydrogen-bond donors (Lipinski definition) is 3. The summed E-state index contributed by atoms with van der Waals surface area (Å²) < 4.78 is 60.4. The molecule has 6 nitrogen and oxygen atoms in total. The number of nitrogens with one attached hydrogen (secondary N) is 1. The largest absolute Gasteiger partial charge is 0.409 e. The lowest BCUT2D eigenvalue weighted by Gasteiger charge is -2.13. The van der Waals surface area contributed by atoms with E-state index in [-0.39, 0.29) is 12.3 Å². The van der Waals surface area contributed by atoms with Crippen LogP contribution in [0, 0.1) is 0 Å². The summed E-state index contributed by atoms with van der Waals surface area (Å²) in [6.45, 7) is 1.46. The molecule has 0 bridgehead atoms. The van der Waals surface area contributed by atoms with E-state index in [4.69, 9.17) is 10.9 Å². The standard InChI is InChI=1S/C8H16F3N3O3S/c1-6(5-7(12)13-15)14-18(16,17)4-2-3-8(9,10)11/h6,14-15H,2-5H2,1H3,(H2,12,13). The minimum Gasteiger partial charge on any atom is -0.409 e. The Bertz CT molecular complexity index is 381. The first-order chi connectivity index (χ1) is 8.06. The van der Waals surface area contributed by atoms with Crippen molar-refractivity contribution in [1.82, 2.24) is 4.72 Å². The average molecular weight is 291 g/mol. The average Bonchev–Trinajstić information content (AvgIpc) is 2.13. The molecule has 0 spiro atoms. The van der Waals surface area contributed by atoms with Crippen molar-refractivity contribution in [3.8, 4) is 0 Å². The van der Waals surface area contributed by atoms with Gasteiger partial charge in [-0.2, -0.15) is 13.2 Å². The van der Waals surface area contributed by atoms with Gasteiger partial charge in [0.2, 0.25) is 10.0 Å². The smallest absolute Gasteiger partial charge is 0.389 e. The van der Waals surface area contributed by atoms with Crippen molar-refractivity contribution < 1.29 is 26.8 Å². The highest BCUT2D eigenvalue weighted by atomic mass is 32.2. The molecule has 0 saturated heterocycles. The highest BCUT2D eigenvalue weighted by molar-refractivity contribution is 7.89. The summed E-state index contributed by atoms with van der Waals surface area (Å²) in [5.74, 6) is -0.784. The van der Waals surface area contributed by atoms with E-state index in [0.717, 1.165) is 0 Å². The van der Waals surface area contributed by atoms with Gasteiger partial charge < -0.3 is 10.9 Å². The third kappa shape index (κ3) is 9.05. The molecule has 0 rings (SSSR count). The molecule has 0 aromatic heterocycles. The zero-order valence-electron chi connectivity index (χ0n) is 9.74. The van der Waals surface area contributed by atoms with Crippen LogP contribution >= 0.6 is 0 Å². The van der Waals surface area contributed by atoms with Crippen LogP contribution in [0.25, 0.3) is 0 Å². The molecule has 0 saturated carbocycles. The molecule has 0 amide bonds. The molecule has 0 aromatic rings. The Morgan fingerprint density at radius 1 is 1.50 bits per heavy atom. The number of hydrogen-bond acceptors (Lipinski definition) is 4. The van der Waals surface area contributed by atoms with Gasteiger partial charge in [-0.15, -0.1) is 0 Å². The van der Waals surface area contributed by atoms with Crippen molar-refractivity contribution >= 4 is 15.9 Å². The maximum Gasteiger partial charge on any atom is 0.389 e. The van der Waals surface area contributed by atoms with Crippen molar-refractivity contribution in [2.24, 2.45) is 10.9 Å². The molecular formula is C8H16F3N3O3S. The van der Waals surface area contributed by atoms with E-state index in [9.17, 15) is 21.6 Å². The van der Waals surface area contributed by atoms with Crippen molar-refractivity contribution in [1.29, 1.82) is 0 Å². The molecule has 0 aliphatic heterocycles. The molecule has 0 fully saturated rings. The van der Waals surface area contributed by atoms with Crippen LogP contribution < -0.4 is 10.5 Å². The fraction of sp³-hybridized carbons (Fsp3) is 0.875. The summed E-state index contributed by atoms with van der Waals surface area (Å²) in [6.07, 6.45) is -6.05. The minimum absolute atomic E-state index is 0.0327. The van der Waals surface area contributed by atoms with Crippen molar-refractivity contribution in [2.75, 3.05) is 5.75 Å². The van der Waals surface area contributed by atoms with Crippen molar-refractivity contribution in [3.05, 3.63) is 0 Å². The van der Waals surface area contributed by atoms with Crippen LogP contribution in [-0.2, 0) is 10.0 Å². The number of halogens is 3. The summed E-state index contributed by atoms with van der Waals surface area (Å²) in [5, 5.41) is 10.9. The van der Waals surface area contributed by atoms with Crippen LogP contribution in [0.5, 0.6) is 0 Å². The van der Waals surface area contributed by atoms with E-state index in [1.807, 2.05) is 0 Å². The molecule has 18 heavy (non-hydrogen) atoms. The monoisotopic (exact) mass is 291 g/mol. The second kappa shape index (κ2) is 6.78. The summed E-state index contributed by atoms with van der Waals surface area (Å²) in [6, 6.07) is -0.656. The minimum atomic E-state index is -4.37. The highest BCUT2D eigenvalue weighted by Gasteiger charge is 2.27. The topological polar surface area (TPSA) is 105 Å². The zero-order valence-corrected chi connectivity index (χ0v) is 10.6. The molecule has 0 aliphatic carbocycles. The fourth-order valence-electron chi connectivity index (χ4n) is 1.22. The van der Waals surface area contributed by atoms with Gasteiger partial charge in [0.15, 0.2) is 0 Å². The summed E-state index contributed by atoms with van der Waals surface area (Å²) in [5.41, 5.74) is 5.17. The Morgan fingerprint density at radius 3 is 2.50 bits per heavy atom. The van der Waals surface area contributed by atoms with Crippen LogP contribution in [0.1, 0.15) is 26.2 Å². The van der Waals surface area contributed by atoms with Gasteiger partial charge in [0, 0.05) is 18.9 Å². The number of oxime groups is 1. The number of alkyl halides is 3. The van der Waals surface area contributed by atoms with Crippen molar-refractivity contribution in [2.45, 2.75) is 38.4 Å². The number of nitrogens with zero attached hydrogens (tertiary/aromatic N) is 1. The Kier molecular flexibility index (Phi) is 6.39. The number of nitrogens with two attached hydrogens (primary N) is 1. The van der Waals surface area contributed by atoms with Gasteiger partial charge in [0.1, 0.15) is 5.84 Å². The van der Waals surface area contributed by atoms with E-state index in [1.165, 1.54) is 6.92 Å². The normalized spacial score (nSPS) is 15.7. The molecule has 0 aliphatic rings. The van der Waals surface area contributed by atoms with Gasteiger partial charge in [0.05, 0.1) is 5.75 Å². The van der Waals surface area contributed by atoms with E-state index in [1.54, 1.807) is 0 Å². The molecule has 0 heterocycles. The fourth-order valence-corrected chi connectivity index (χ4v) is 2.56. The summed E-state index contributed by atoms with van der Waals surface area (Å²) in [4.78, 5) is 0. The lowest BCUT2D eigenvalue weighted by atomic mass is 10.2. The molecule has 4 N–H and O–H groups in total. The first-order valence-electron chi connectivity index (χ1n) is 5.09. The van der Waals surface area contributed by atoms with E-state index in [0.29, 0.717) is 0 Å². The van der Waals surface area contributed by atoms with E-state index >= 15 is 0 Å². The highest BCUT2D eigenvalue weighted by Crippen LogP contribution is 2.21. The second-order valence-electron chi connectivity index (χ2n) is 3.85. The Labute approximate surface area is 103 Å². The van der Waals surface area contributed by atoms with Crippen LogP contribution in [-0.4, -0.2) is 37.4 Å². The van der Waals surface area contributed by atoms with Crippen molar-refractivity contribution in [3.63, 3.8) is 0 Å². The molecule has 0 aromatic carbocycles. The van der Waals surface area contributed by atoms with Gasteiger partial charge in [-0.3, -0.25) is 0 Å². The second-order valence-corrected chi connectivity index (χ2v) is 5.73. The Morgan fingerprint density at radius 2 is 2.06 bits per heavy atom. The van der Waals surface area contributed by atoms with Crippen LogP contribution in [0.15, 0.2) is 5.16 Å². The molecule has 10 heteroatoms. The predicted molar refractivity (Wildman–Crippen MR) is 59.7 cm³/mol. The van der Waals surface area contributed by atoms with Crippen LogP contribution in [0.2, 0.25) is 0 Å². The number of sulfonamides is 1. The molecular weight excluding hydrogens is 275 g/mol. The molecule has 108 valence electrons. The van der Waals surface area contributed by atoms with E-state index < -0.39 is 40.8 Å². The SMILES string of the molecule is CC(CC(N)=NO)NS(=O)(=O)CCCC(F)(F)F. The van der Waals surface area contributed by atoms with Gasteiger partial charge in [-0.05, 0) is 13.3 Å². The lowest BCUT2D eigenvalue weighted by Crippen LogP contribution is -2.37. The predicted octanol–water partition coefficient (Wildman–Crippen LogP) is 0.773. The Hall–Kier alpha value is -1.03. The van der Waals surface area contributed by atoms with Crippen LogP contribution in [0.3, 0.4) is 0 Å². The Balaban J connectivity index is 4.16. The molecule has 1 unspecified atom stereocenters. The third-order valence-electron chi connectivity index (χ3n) is 1.90. The quantitative estimate of drug-likeness (QED) is 0.279. The molecule has 0 radical (unpaired) electrons. The lowest BCUT2D eigenvalue weighted by molar-refractivity contribution is -0.134.